The van der Waals surface area contributed by atoms with E-state index in [-0.39, 0.29) is 5.91 Å². The number of carbonyl (C=O) groups excluding carboxylic acids is 1. The second kappa shape index (κ2) is 6.18. The first-order valence-corrected chi connectivity index (χ1v) is 9.23. The van der Waals surface area contributed by atoms with Crippen molar-refractivity contribution in [2.24, 2.45) is 0 Å². The van der Waals surface area contributed by atoms with E-state index in [2.05, 4.69) is 43.8 Å². The molecule has 1 aliphatic rings. The number of aryl methyl sites for hydroxylation is 1. The van der Waals surface area contributed by atoms with Crippen LogP contribution < -0.4 is 4.90 Å². The Morgan fingerprint density at radius 3 is 2.75 bits per heavy atom. The van der Waals surface area contributed by atoms with E-state index >= 15 is 0 Å². The molecular weight excluding hydrogens is 392 g/mol. The maximum atomic E-state index is 12.4. The van der Waals surface area contributed by atoms with Crippen LogP contribution in [0.2, 0.25) is 0 Å². The molecule has 8 heteroatoms. The van der Waals surface area contributed by atoms with Crippen molar-refractivity contribution in [3.8, 4) is 0 Å². The molecule has 1 saturated heterocycles. The smallest absolute Gasteiger partial charge is 0.289 e. The highest BCUT2D eigenvalue weighted by Gasteiger charge is 2.25. The molecule has 0 aromatic carbocycles. The fourth-order valence-corrected chi connectivity index (χ4v) is 4.07. The van der Waals surface area contributed by atoms with E-state index in [4.69, 9.17) is 4.42 Å². The first-order valence-electron chi connectivity index (χ1n) is 7.62. The van der Waals surface area contributed by atoms with Crippen LogP contribution in [0.1, 0.15) is 15.4 Å². The average molecular weight is 407 g/mol. The van der Waals surface area contributed by atoms with E-state index in [0.29, 0.717) is 23.5 Å². The maximum absolute atomic E-state index is 12.4. The third kappa shape index (κ3) is 2.80. The van der Waals surface area contributed by atoms with Gasteiger partial charge >= 0.3 is 0 Å². The molecule has 0 unspecified atom stereocenters. The minimum absolute atomic E-state index is 0.0698. The molecule has 4 heterocycles. The Hall–Kier alpha value is -1.93. The molecule has 0 atom stereocenters. The first kappa shape index (κ1) is 15.6. The molecule has 0 N–H and O–H groups in total. The number of nitrogens with zero attached hydrogens (tertiary/aromatic N) is 4. The van der Waals surface area contributed by atoms with Crippen molar-refractivity contribution < 1.29 is 9.21 Å². The maximum Gasteiger partial charge on any atom is 0.289 e. The number of carbonyl (C=O) groups is 1. The summed E-state index contributed by atoms with van der Waals surface area (Å²) in [6, 6.07) is 5.56. The second-order valence-corrected chi connectivity index (χ2v) is 7.67. The molecule has 0 aliphatic carbocycles. The molecule has 0 spiro atoms. The van der Waals surface area contributed by atoms with Crippen LogP contribution >= 0.6 is 27.3 Å². The van der Waals surface area contributed by atoms with Gasteiger partial charge in [-0.05, 0) is 41.1 Å². The minimum Gasteiger partial charge on any atom is -0.444 e. The van der Waals surface area contributed by atoms with Crippen molar-refractivity contribution in [1.29, 1.82) is 0 Å². The van der Waals surface area contributed by atoms with Crippen LogP contribution in [0, 0.1) is 6.92 Å². The lowest BCUT2D eigenvalue weighted by Crippen LogP contribution is -2.49. The molecular formula is C16H15BrN4O2S. The summed E-state index contributed by atoms with van der Waals surface area (Å²) in [5.41, 5.74) is 0. The van der Waals surface area contributed by atoms with Crippen molar-refractivity contribution in [2.75, 3.05) is 31.1 Å². The third-order valence-electron chi connectivity index (χ3n) is 4.08. The molecule has 3 aromatic heterocycles. The van der Waals surface area contributed by atoms with E-state index in [1.807, 2.05) is 4.90 Å². The third-order valence-corrected chi connectivity index (χ3v) is 5.47. The number of amides is 1. The highest BCUT2D eigenvalue weighted by molar-refractivity contribution is 9.10. The molecule has 4 rings (SSSR count). The van der Waals surface area contributed by atoms with Gasteiger partial charge in [0.15, 0.2) is 10.4 Å². The molecule has 0 saturated carbocycles. The van der Waals surface area contributed by atoms with Crippen LogP contribution in [-0.4, -0.2) is 47.0 Å². The molecule has 6 nitrogen and oxygen atoms in total. The van der Waals surface area contributed by atoms with Gasteiger partial charge in [0, 0.05) is 31.1 Å². The lowest BCUT2D eigenvalue weighted by atomic mass is 10.2. The van der Waals surface area contributed by atoms with Gasteiger partial charge in [0.1, 0.15) is 17.0 Å². The monoisotopic (exact) mass is 406 g/mol. The summed E-state index contributed by atoms with van der Waals surface area (Å²) in [4.78, 5) is 27.5. The zero-order valence-electron chi connectivity index (χ0n) is 13.0. The largest absolute Gasteiger partial charge is 0.444 e. The van der Waals surface area contributed by atoms with E-state index in [9.17, 15) is 4.79 Å². The second-order valence-electron chi connectivity index (χ2n) is 5.66. The average Bonchev–Trinajstić information content (AvgIpc) is 3.18. The van der Waals surface area contributed by atoms with Crippen molar-refractivity contribution in [2.45, 2.75) is 6.92 Å². The standard InChI is InChI=1S/C16H15BrN4O2S/c1-10-8-11-14(18-9-19-15(11)24-10)20-4-6-21(7-5-20)16(22)12-2-3-13(17)23-12/h2-3,8-9H,4-7H2,1H3. The van der Waals surface area contributed by atoms with Gasteiger partial charge in [-0.25, -0.2) is 9.97 Å². The molecule has 0 bridgehead atoms. The predicted octanol–water partition coefficient (Wildman–Crippen LogP) is 3.32. The predicted molar refractivity (Wildman–Crippen MR) is 96.7 cm³/mol. The molecule has 124 valence electrons. The Morgan fingerprint density at radius 1 is 1.25 bits per heavy atom. The number of thiophene rings is 1. The summed E-state index contributed by atoms with van der Waals surface area (Å²) in [5, 5.41) is 1.09. The molecule has 3 aromatic rings. The molecule has 24 heavy (non-hydrogen) atoms. The van der Waals surface area contributed by atoms with E-state index in [0.717, 1.165) is 29.1 Å². The number of aromatic nitrogens is 2. The lowest BCUT2D eigenvalue weighted by molar-refractivity contribution is 0.0713. The molecule has 1 amide bonds. The molecule has 1 aliphatic heterocycles. The molecule has 0 radical (unpaired) electrons. The number of hydrogen-bond acceptors (Lipinski definition) is 6. The number of anilines is 1. The van der Waals surface area contributed by atoms with Gasteiger partial charge in [0.2, 0.25) is 0 Å². The van der Waals surface area contributed by atoms with Crippen LogP contribution in [0.5, 0.6) is 0 Å². The summed E-state index contributed by atoms with van der Waals surface area (Å²) < 4.78 is 5.93. The Kier molecular flexibility index (Phi) is 4.01. The van der Waals surface area contributed by atoms with Gasteiger partial charge in [0.05, 0.1) is 5.39 Å². The van der Waals surface area contributed by atoms with Gasteiger partial charge in [-0.2, -0.15) is 0 Å². The van der Waals surface area contributed by atoms with Gasteiger partial charge in [-0.1, -0.05) is 0 Å². The van der Waals surface area contributed by atoms with Crippen molar-refractivity contribution in [1.82, 2.24) is 14.9 Å². The fourth-order valence-electron chi connectivity index (χ4n) is 2.92. The summed E-state index contributed by atoms with van der Waals surface area (Å²) in [6.45, 7) is 4.86. The van der Waals surface area contributed by atoms with Crippen LogP contribution in [0.4, 0.5) is 5.82 Å². The summed E-state index contributed by atoms with van der Waals surface area (Å²) in [7, 11) is 0. The number of piperazine rings is 1. The zero-order chi connectivity index (χ0) is 16.7. The van der Waals surface area contributed by atoms with Crippen molar-refractivity contribution >= 4 is 49.2 Å². The van der Waals surface area contributed by atoms with Gasteiger partial charge in [-0.15, -0.1) is 11.3 Å². The quantitative estimate of drug-likeness (QED) is 0.652. The minimum atomic E-state index is -0.0698. The normalized spacial score (nSPS) is 15.2. The van der Waals surface area contributed by atoms with Crippen molar-refractivity contribution in [3.05, 3.63) is 39.8 Å². The van der Waals surface area contributed by atoms with E-state index in [1.54, 1.807) is 29.8 Å². The SMILES string of the molecule is Cc1cc2c(N3CCN(C(=O)c4ccc(Br)o4)CC3)ncnc2s1. The number of furan rings is 1. The van der Waals surface area contributed by atoms with Crippen molar-refractivity contribution in [3.63, 3.8) is 0 Å². The lowest BCUT2D eigenvalue weighted by Gasteiger charge is -2.35. The Morgan fingerprint density at radius 2 is 2.04 bits per heavy atom. The highest BCUT2D eigenvalue weighted by Crippen LogP contribution is 2.30. The Bertz CT molecular complexity index is 899. The topological polar surface area (TPSA) is 62.5 Å². The van der Waals surface area contributed by atoms with Crippen LogP contribution in [-0.2, 0) is 0 Å². The van der Waals surface area contributed by atoms with Gasteiger partial charge in [0.25, 0.3) is 5.91 Å². The van der Waals surface area contributed by atoms with E-state index in [1.165, 1.54) is 4.88 Å². The fraction of sp³-hybridized carbons (Fsp3) is 0.312. The van der Waals surface area contributed by atoms with Gasteiger partial charge < -0.3 is 14.2 Å². The Labute approximate surface area is 151 Å². The number of rotatable bonds is 2. The number of halogens is 1. The number of fused-ring (bicyclic) bond motifs is 1. The summed E-state index contributed by atoms with van der Waals surface area (Å²) in [6.07, 6.45) is 1.62. The first-order chi connectivity index (χ1) is 11.6. The summed E-state index contributed by atoms with van der Waals surface area (Å²) >= 11 is 4.91. The Balaban J connectivity index is 1.50. The molecule has 1 fully saturated rings. The van der Waals surface area contributed by atoms with Crippen LogP contribution in [0.15, 0.2) is 33.6 Å². The van der Waals surface area contributed by atoms with E-state index < -0.39 is 0 Å². The zero-order valence-corrected chi connectivity index (χ0v) is 15.4. The van der Waals surface area contributed by atoms with Crippen LogP contribution in [0.3, 0.4) is 0 Å². The van der Waals surface area contributed by atoms with Crippen LogP contribution in [0.25, 0.3) is 10.2 Å². The summed E-state index contributed by atoms with van der Waals surface area (Å²) in [5.74, 6) is 1.25. The number of hydrogen-bond donors (Lipinski definition) is 0. The highest BCUT2D eigenvalue weighted by atomic mass is 79.9. The van der Waals surface area contributed by atoms with Gasteiger partial charge in [-0.3, -0.25) is 4.79 Å².